The second-order valence-electron chi connectivity index (χ2n) is 2.44. The molecule has 1 aromatic carbocycles. The predicted molar refractivity (Wildman–Crippen MR) is 51.4 cm³/mol. The van der Waals surface area contributed by atoms with E-state index < -0.39 is 11.0 Å². The zero-order valence-electron chi connectivity index (χ0n) is 7.73. The maximum atomic E-state index is 10.9. The average Bonchev–Trinajstić information content (AvgIpc) is 2.27. The molecule has 0 spiro atoms. The molecule has 0 unspecified atom stereocenters. The summed E-state index contributed by atoms with van der Waals surface area (Å²) < 4.78 is 4.61. The first-order valence-electron chi connectivity index (χ1n) is 3.90. The van der Waals surface area contributed by atoms with Crippen LogP contribution >= 0.6 is 0 Å². The molecule has 1 aromatic rings. The van der Waals surface area contributed by atoms with Gasteiger partial charge in [-0.1, -0.05) is 0 Å². The van der Waals surface area contributed by atoms with Crippen LogP contribution in [-0.2, 0) is 0 Å². The first-order chi connectivity index (χ1) is 7.63. The minimum Gasteiger partial charge on any atom is -0.392 e. The van der Waals surface area contributed by atoms with Gasteiger partial charge in [0.2, 0.25) is 0 Å². The van der Waals surface area contributed by atoms with Crippen LogP contribution in [0, 0.1) is 10.1 Å². The smallest absolute Gasteiger partial charge is 0.392 e. The van der Waals surface area contributed by atoms with Crippen LogP contribution < -0.4 is 10.2 Å². The number of nitro benzene ring substituents is 1. The Morgan fingerprint density at radius 3 is 2.62 bits per heavy atom. The molecule has 0 aliphatic heterocycles. The van der Waals surface area contributed by atoms with Crippen molar-refractivity contribution >= 4 is 11.8 Å². The number of amides is 1. The van der Waals surface area contributed by atoms with Crippen LogP contribution in [-0.4, -0.2) is 11.0 Å². The van der Waals surface area contributed by atoms with E-state index >= 15 is 0 Å². The molecule has 0 aliphatic rings. The third kappa shape index (κ3) is 3.16. The maximum Gasteiger partial charge on any atom is 0.513 e. The van der Waals surface area contributed by atoms with Gasteiger partial charge in [0, 0.05) is 12.1 Å². The SMILES string of the molecule is [N-]=[N+]=NNC(=O)Oc1ccc([N+](=O)[O-])cc1. The lowest BCUT2D eigenvalue weighted by Crippen LogP contribution is -2.20. The molecule has 9 nitrogen and oxygen atoms in total. The van der Waals surface area contributed by atoms with Crippen LogP contribution in [0.5, 0.6) is 5.75 Å². The monoisotopic (exact) mass is 223 g/mol. The molecule has 0 fully saturated rings. The van der Waals surface area contributed by atoms with Gasteiger partial charge >= 0.3 is 6.09 Å². The van der Waals surface area contributed by atoms with Gasteiger partial charge in [0.1, 0.15) is 5.75 Å². The predicted octanol–water partition coefficient (Wildman–Crippen LogP) is 1.91. The van der Waals surface area contributed by atoms with Crippen molar-refractivity contribution in [2.24, 2.45) is 5.22 Å². The Labute approximate surface area is 88.4 Å². The molecule has 0 bridgehead atoms. The molecule has 0 saturated heterocycles. The van der Waals surface area contributed by atoms with Crippen molar-refractivity contribution in [3.05, 3.63) is 44.8 Å². The van der Waals surface area contributed by atoms with Gasteiger partial charge in [-0.05, 0) is 17.4 Å². The number of benzene rings is 1. The Hall–Kier alpha value is -2.80. The lowest BCUT2D eigenvalue weighted by atomic mass is 10.3. The van der Waals surface area contributed by atoms with E-state index in [1.54, 1.807) is 5.43 Å². The van der Waals surface area contributed by atoms with Crippen molar-refractivity contribution in [1.82, 2.24) is 5.43 Å². The second-order valence-corrected chi connectivity index (χ2v) is 2.44. The number of rotatable bonds is 3. The van der Waals surface area contributed by atoms with Gasteiger partial charge in [-0.2, -0.15) is 15.1 Å². The molecule has 0 aliphatic carbocycles. The lowest BCUT2D eigenvalue weighted by Gasteiger charge is -1.99. The zero-order valence-corrected chi connectivity index (χ0v) is 7.73. The van der Waals surface area contributed by atoms with Crippen LogP contribution in [0.3, 0.4) is 0 Å². The summed E-state index contributed by atoms with van der Waals surface area (Å²) in [5.41, 5.74) is 9.50. The number of hydrogen-bond acceptors (Lipinski definition) is 5. The molecule has 0 saturated carbocycles. The fourth-order valence-electron chi connectivity index (χ4n) is 0.829. The quantitative estimate of drug-likeness (QED) is 0.275. The molecular formula is C7H5N5O4. The molecule has 16 heavy (non-hydrogen) atoms. The molecule has 1 rings (SSSR count). The Bertz CT molecular complexity index is 450. The van der Waals surface area contributed by atoms with E-state index in [1.807, 2.05) is 0 Å². The van der Waals surface area contributed by atoms with Crippen molar-refractivity contribution in [2.75, 3.05) is 0 Å². The minimum absolute atomic E-state index is 0.0937. The normalized spacial score (nSPS) is 8.75. The Morgan fingerprint density at radius 2 is 2.12 bits per heavy atom. The average molecular weight is 223 g/mol. The van der Waals surface area contributed by atoms with Crippen LogP contribution in [0.1, 0.15) is 0 Å². The van der Waals surface area contributed by atoms with Gasteiger partial charge in [0.25, 0.3) is 5.69 Å². The maximum absolute atomic E-state index is 10.9. The molecule has 1 N–H and O–H groups in total. The topological polar surface area (TPSA) is 130 Å². The highest BCUT2D eigenvalue weighted by Gasteiger charge is 2.08. The third-order valence-corrected chi connectivity index (χ3v) is 1.44. The number of nitro groups is 1. The van der Waals surface area contributed by atoms with Gasteiger partial charge in [-0.15, -0.1) is 5.53 Å². The Balaban J connectivity index is 2.65. The van der Waals surface area contributed by atoms with Crippen LogP contribution in [0.2, 0.25) is 0 Å². The van der Waals surface area contributed by atoms with E-state index in [-0.39, 0.29) is 11.4 Å². The molecule has 9 heteroatoms. The van der Waals surface area contributed by atoms with Crippen LogP contribution in [0.15, 0.2) is 29.5 Å². The first-order valence-corrected chi connectivity index (χ1v) is 3.90. The molecular weight excluding hydrogens is 218 g/mol. The molecule has 0 atom stereocenters. The molecule has 0 heterocycles. The summed E-state index contributed by atoms with van der Waals surface area (Å²) in [6.07, 6.45) is -0.980. The van der Waals surface area contributed by atoms with E-state index in [4.69, 9.17) is 5.53 Å². The summed E-state index contributed by atoms with van der Waals surface area (Å²) >= 11 is 0. The highest BCUT2D eigenvalue weighted by Crippen LogP contribution is 2.17. The molecule has 0 aromatic heterocycles. The molecule has 82 valence electrons. The van der Waals surface area contributed by atoms with Gasteiger partial charge in [0.15, 0.2) is 0 Å². The first kappa shape index (κ1) is 11.3. The summed E-state index contributed by atoms with van der Waals surface area (Å²) in [5.74, 6) is 0.0937. The van der Waals surface area contributed by atoms with Crippen molar-refractivity contribution in [1.29, 1.82) is 0 Å². The minimum atomic E-state index is -0.980. The third-order valence-electron chi connectivity index (χ3n) is 1.44. The fraction of sp³-hybridized carbons (Fsp3) is 0. The number of hydrogen-bond donors (Lipinski definition) is 1. The molecule has 0 radical (unpaired) electrons. The number of nitrogens with one attached hydrogen (secondary N) is 1. The Kier molecular flexibility index (Phi) is 3.65. The van der Waals surface area contributed by atoms with E-state index in [0.29, 0.717) is 0 Å². The van der Waals surface area contributed by atoms with Gasteiger partial charge in [-0.25, -0.2) is 0 Å². The zero-order chi connectivity index (χ0) is 12.0. The lowest BCUT2D eigenvalue weighted by molar-refractivity contribution is -0.384. The van der Waals surface area contributed by atoms with Gasteiger partial charge < -0.3 is 4.74 Å². The van der Waals surface area contributed by atoms with Crippen LogP contribution in [0.4, 0.5) is 10.5 Å². The van der Waals surface area contributed by atoms with E-state index in [1.165, 1.54) is 24.3 Å². The summed E-state index contributed by atoms with van der Waals surface area (Å²) in [6, 6.07) is 4.84. The Morgan fingerprint density at radius 1 is 1.50 bits per heavy atom. The summed E-state index contributed by atoms with van der Waals surface area (Å²) in [5, 5.41) is 13.1. The summed E-state index contributed by atoms with van der Waals surface area (Å²) in [4.78, 5) is 22.9. The standard InChI is InChI=1S/C7H5N5O4/c8-10-11-9-7(13)16-6-3-1-5(2-4-6)12(14)15/h1-4H,(H,9,13). The number of azide groups is 1. The number of nitrogens with zero attached hydrogens (tertiary/aromatic N) is 4. The summed E-state index contributed by atoms with van der Waals surface area (Å²) in [6.45, 7) is 0. The highest BCUT2D eigenvalue weighted by molar-refractivity contribution is 5.69. The van der Waals surface area contributed by atoms with E-state index in [9.17, 15) is 14.9 Å². The second kappa shape index (κ2) is 5.17. The fourth-order valence-corrected chi connectivity index (χ4v) is 0.829. The van der Waals surface area contributed by atoms with Crippen molar-refractivity contribution < 1.29 is 14.5 Å². The number of non-ortho nitro benzene ring substituents is 1. The van der Waals surface area contributed by atoms with Gasteiger partial charge in [-0.3, -0.25) is 10.1 Å². The van der Waals surface area contributed by atoms with Gasteiger partial charge in [0.05, 0.1) is 4.92 Å². The largest absolute Gasteiger partial charge is 0.513 e. The van der Waals surface area contributed by atoms with Crippen molar-refractivity contribution in [3.8, 4) is 5.75 Å². The van der Waals surface area contributed by atoms with Crippen molar-refractivity contribution in [2.45, 2.75) is 0 Å². The molecule has 1 amide bonds. The van der Waals surface area contributed by atoms with E-state index in [2.05, 4.69) is 14.9 Å². The summed E-state index contributed by atoms with van der Waals surface area (Å²) in [7, 11) is 0. The number of carbonyl (C=O) groups is 1. The van der Waals surface area contributed by atoms with Crippen molar-refractivity contribution in [3.63, 3.8) is 0 Å². The number of ether oxygens (including phenoxy) is 1. The van der Waals surface area contributed by atoms with E-state index in [0.717, 1.165) is 0 Å². The highest BCUT2D eigenvalue weighted by atomic mass is 16.6. The number of carbonyl (C=O) groups excluding carboxylic acids is 1. The van der Waals surface area contributed by atoms with Crippen LogP contribution in [0.25, 0.3) is 10.4 Å².